The van der Waals surface area contributed by atoms with Crippen LogP contribution in [0.15, 0.2) is 35.5 Å². The van der Waals surface area contributed by atoms with Gasteiger partial charge in [-0.2, -0.15) is 0 Å². The summed E-state index contributed by atoms with van der Waals surface area (Å²) in [5.41, 5.74) is 4.44. The number of hydrogen-bond donors (Lipinski definition) is 0. The molecule has 0 spiro atoms. The van der Waals surface area contributed by atoms with E-state index in [2.05, 4.69) is 26.5 Å². The molecule has 0 saturated heterocycles. The molecule has 66 valence electrons. The highest BCUT2D eigenvalue weighted by Gasteiger charge is 2.10. The van der Waals surface area contributed by atoms with Crippen LogP contribution in [0.5, 0.6) is 0 Å². The normalized spacial score (nSPS) is 19.7. The molecule has 0 fully saturated rings. The Hall–Kier alpha value is -0.780. The third-order valence-corrected chi connectivity index (χ3v) is 2.67. The molecule has 1 aliphatic rings. The van der Waals surface area contributed by atoms with Crippen molar-refractivity contribution in [3.63, 3.8) is 0 Å². The van der Waals surface area contributed by atoms with E-state index in [0.29, 0.717) is 0 Å². The first-order valence-corrected chi connectivity index (χ1v) is 4.77. The Kier molecular flexibility index (Phi) is 3.33. The molecule has 0 aromatic carbocycles. The van der Waals surface area contributed by atoms with Gasteiger partial charge in [0.05, 0.1) is 0 Å². The van der Waals surface area contributed by atoms with E-state index in [9.17, 15) is 0 Å². The second kappa shape index (κ2) is 4.30. The minimum Gasteiger partial charge on any atom is -0.0988 e. The summed E-state index contributed by atoms with van der Waals surface area (Å²) >= 11 is 0. The average molecular weight is 162 g/mol. The second-order valence-corrected chi connectivity index (χ2v) is 3.39. The lowest BCUT2D eigenvalue weighted by atomic mass is 9.88. The van der Waals surface area contributed by atoms with Gasteiger partial charge in [0.1, 0.15) is 0 Å². The molecule has 0 bridgehead atoms. The topological polar surface area (TPSA) is 0 Å². The third-order valence-electron chi connectivity index (χ3n) is 2.67. The van der Waals surface area contributed by atoms with Gasteiger partial charge in [0, 0.05) is 0 Å². The van der Waals surface area contributed by atoms with E-state index >= 15 is 0 Å². The molecule has 0 atom stereocenters. The van der Waals surface area contributed by atoms with Crippen molar-refractivity contribution in [3.8, 4) is 0 Å². The summed E-state index contributed by atoms with van der Waals surface area (Å²) in [6, 6.07) is 0. The van der Waals surface area contributed by atoms with Crippen LogP contribution in [0.2, 0.25) is 0 Å². The van der Waals surface area contributed by atoms with E-state index < -0.39 is 0 Å². The molecule has 0 aromatic heterocycles. The van der Waals surface area contributed by atoms with Crippen LogP contribution < -0.4 is 0 Å². The van der Waals surface area contributed by atoms with Gasteiger partial charge in [-0.1, -0.05) is 24.3 Å². The molecule has 0 unspecified atom stereocenters. The second-order valence-electron chi connectivity index (χ2n) is 3.39. The average Bonchev–Trinajstić information content (AvgIpc) is 2.16. The van der Waals surface area contributed by atoms with Gasteiger partial charge in [-0.15, -0.1) is 0 Å². The summed E-state index contributed by atoms with van der Waals surface area (Å²) in [6.07, 6.45) is 9.38. The zero-order chi connectivity index (χ0) is 8.97. The van der Waals surface area contributed by atoms with Crippen molar-refractivity contribution in [2.75, 3.05) is 0 Å². The van der Waals surface area contributed by atoms with E-state index in [0.717, 1.165) is 0 Å². The van der Waals surface area contributed by atoms with Gasteiger partial charge in [-0.05, 0) is 50.7 Å². The predicted octanol–water partition coefficient (Wildman–Crippen LogP) is 4.01. The standard InChI is InChI=1S/C12H18/c1-4-10(3)12-9-7-6-8-11(12)5-2/h4-5H,2,6-9H2,1,3H3/b10-4-. The fraction of sp³-hybridized carbons (Fsp3) is 0.500. The first kappa shape index (κ1) is 9.31. The fourth-order valence-electron chi connectivity index (χ4n) is 1.78. The molecule has 0 radical (unpaired) electrons. The lowest BCUT2D eigenvalue weighted by Gasteiger charge is -2.18. The summed E-state index contributed by atoms with van der Waals surface area (Å²) in [5, 5.41) is 0. The van der Waals surface area contributed by atoms with Crippen LogP contribution in [0.25, 0.3) is 0 Å². The highest BCUT2D eigenvalue weighted by Crippen LogP contribution is 2.29. The molecule has 0 aromatic rings. The highest BCUT2D eigenvalue weighted by molar-refractivity contribution is 5.39. The van der Waals surface area contributed by atoms with Crippen LogP contribution in [0.4, 0.5) is 0 Å². The highest BCUT2D eigenvalue weighted by atomic mass is 14.2. The maximum Gasteiger partial charge on any atom is -0.0274 e. The zero-order valence-corrected chi connectivity index (χ0v) is 8.19. The van der Waals surface area contributed by atoms with Crippen molar-refractivity contribution in [1.29, 1.82) is 0 Å². The smallest absolute Gasteiger partial charge is 0.0274 e. The van der Waals surface area contributed by atoms with Gasteiger partial charge in [-0.3, -0.25) is 0 Å². The van der Waals surface area contributed by atoms with Gasteiger partial charge < -0.3 is 0 Å². The van der Waals surface area contributed by atoms with Gasteiger partial charge in [0.2, 0.25) is 0 Å². The maximum absolute atomic E-state index is 3.87. The van der Waals surface area contributed by atoms with Gasteiger partial charge >= 0.3 is 0 Å². The Bertz CT molecular complexity index is 228. The van der Waals surface area contributed by atoms with Crippen LogP contribution in [0.3, 0.4) is 0 Å². The Morgan fingerprint density at radius 3 is 2.58 bits per heavy atom. The quantitative estimate of drug-likeness (QED) is 0.575. The molecule has 0 heteroatoms. The minimum absolute atomic E-state index is 1.23. The summed E-state index contributed by atoms with van der Waals surface area (Å²) in [4.78, 5) is 0. The molecule has 0 heterocycles. The summed E-state index contributed by atoms with van der Waals surface area (Å²) in [7, 11) is 0. The number of hydrogen-bond acceptors (Lipinski definition) is 0. The zero-order valence-electron chi connectivity index (χ0n) is 8.19. The molecule has 1 aliphatic carbocycles. The molecule has 0 amide bonds. The molecule has 0 nitrogen and oxygen atoms in total. The molecule has 12 heavy (non-hydrogen) atoms. The molecule has 1 rings (SSSR count). The van der Waals surface area contributed by atoms with Crippen LogP contribution in [-0.4, -0.2) is 0 Å². The summed E-state index contributed by atoms with van der Waals surface area (Å²) < 4.78 is 0. The van der Waals surface area contributed by atoms with Crippen LogP contribution >= 0.6 is 0 Å². The third kappa shape index (κ3) is 1.88. The Labute approximate surface area is 75.7 Å². The lowest BCUT2D eigenvalue weighted by molar-refractivity contribution is 0.687. The Balaban J connectivity index is 2.94. The molecule has 0 saturated carbocycles. The summed E-state index contributed by atoms with van der Waals surface area (Å²) in [6.45, 7) is 8.17. The summed E-state index contributed by atoms with van der Waals surface area (Å²) in [5.74, 6) is 0. The number of allylic oxidation sites excluding steroid dienone is 5. The minimum atomic E-state index is 1.23. The first-order chi connectivity index (χ1) is 5.79. The van der Waals surface area contributed by atoms with Crippen molar-refractivity contribution >= 4 is 0 Å². The van der Waals surface area contributed by atoms with Crippen molar-refractivity contribution in [2.24, 2.45) is 0 Å². The molecular formula is C12H18. The Morgan fingerprint density at radius 2 is 2.00 bits per heavy atom. The van der Waals surface area contributed by atoms with Crippen molar-refractivity contribution in [3.05, 3.63) is 35.5 Å². The van der Waals surface area contributed by atoms with E-state index in [1.165, 1.54) is 36.8 Å². The molecule has 0 N–H and O–H groups in total. The van der Waals surface area contributed by atoms with Gasteiger partial charge in [0.25, 0.3) is 0 Å². The largest absolute Gasteiger partial charge is 0.0988 e. The van der Waals surface area contributed by atoms with Crippen molar-refractivity contribution in [2.45, 2.75) is 39.5 Å². The molecule has 0 aliphatic heterocycles. The van der Waals surface area contributed by atoms with E-state index in [1.807, 2.05) is 6.08 Å². The molecular weight excluding hydrogens is 144 g/mol. The first-order valence-electron chi connectivity index (χ1n) is 4.77. The predicted molar refractivity (Wildman–Crippen MR) is 55.1 cm³/mol. The van der Waals surface area contributed by atoms with E-state index in [1.54, 1.807) is 5.57 Å². The van der Waals surface area contributed by atoms with Crippen molar-refractivity contribution < 1.29 is 0 Å². The number of rotatable bonds is 2. The van der Waals surface area contributed by atoms with Gasteiger partial charge in [-0.25, -0.2) is 0 Å². The van der Waals surface area contributed by atoms with E-state index in [-0.39, 0.29) is 0 Å². The van der Waals surface area contributed by atoms with Crippen LogP contribution in [-0.2, 0) is 0 Å². The van der Waals surface area contributed by atoms with Crippen LogP contribution in [0.1, 0.15) is 39.5 Å². The van der Waals surface area contributed by atoms with Gasteiger partial charge in [0.15, 0.2) is 0 Å². The van der Waals surface area contributed by atoms with Crippen molar-refractivity contribution in [1.82, 2.24) is 0 Å². The monoisotopic (exact) mass is 162 g/mol. The maximum atomic E-state index is 3.87. The SMILES string of the molecule is C=CC1=C(/C(C)=C\C)CCCC1. The van der Waals surface area contributed by atoms with E-state index in [4.69, 9.17) is 0 Å². The lowest BCUT2D eigenvalue weighted by Crippen LogP contribution is -1.99. The Morgan fingerprint density at radius 1 is 1.33 bits per heavy atom. The van der Waals surface area contributed by atoms with Crippen LogP contribution in [0, 0.1) is 0 Å². The fourth-order valence-corrected chi connectivity index (χ4v) is 1.78.